The molecule has 5 nitrogen and oxygen atoms in total. The summed E-state index contributed by atoms with van der Waals surface area (Å²) in [4.78, 5) is 11.8. The second-order valence-electron chi connectivity index (χ2n) is 5.89. The second kappa shape index (κ2) is 9.35. The third-order valence-electron chi connectivity index (χ3n) is 4.18. The Bertz CT molecular complexity index is 513. The SMILES string of the molecule is COc1ccc(CNC(=S)NNC(=O)CCC2CCCC2)cc1. The van der Waals surface area contributed by atoms with Gasteiger partial charge in [-0.3, -0.25) is 15.6 Å². The lowest BCUT2D eigenvalue weighted by atomic mass is 10.0. The Balaban J connectivity index is 1.59. The average Bonchev–Trinajstić information content (AvgIpc) is 3.10. The number of thiocarbonyl (C=S) groups is 1. The molecule has 1 aromatic carbocycles. The minimum Gasteiger partial charge on any atom is -0.497 e. The van der Waals surface area contributed by atoms with Crippen molar-refractivity contribution < 1.29 is 9.53 Å². The molecule has 23 heavy (non-hydrogen) atoms. The summed E-state index contributed by atoms with van der Waals surface area (Å²) in [6, 6.07) is 7.74. The summed E-state index contributed by atoms with van der Waals surface area (Å²) in [5, 5.41) is 3.47. The van der Waals surface area contributed by atoms with Crippen LogP contribution in [-0.2, 0) is 11.3 Å². The molecule has 0 aromatic heterocycles. The minimum atomic E-state index is -0.00880. The van der Waals surface area contributed by atoms with Crippen molar-refractivity contribution in [1.82, 2.24) is 16.2 Å². The summed E-state index contributed by atoms with van der Waals surface area (Å²) in [6.45, 7) is 0.591. The van der Waals surface area contributed by atoms with E-state index in [1.165, 1.54) is 25.7 Å². The highest BCUT2D eigenvalue weighted by atomic mass is 32.1. The molecule has 2 rings (SSSR count). The number of carbonyl (C=O) groups is 1. The number of benzene rings is 1. The Labute approximate surface area is 143 Å². The van der Waals surface area contributed by atoms with Gasteiger partial charge in [-0.05, 0) is 42.3 Å². The fourth-order valence-electron chi connectivity index (χ4n) is 2.79. The van der Waals surface area contributed by atoms with Crippen LogP contribution in [-0.4, -0.2) is 18.1 Å². The highest BCUT2D eigenvalue weighted by Gasteiger charge is 2.16. The van der Waals surface area contributed by atoms with Gasteiger partial charge in [-0.15, -0.1) is 0 Å². The molecule has 0 bridgehead atoms. The van der Waals surface area contributed by atoms with E-state index < -0.39 is 0 Å². The Morgan fingerprint density at radius 3 is 2.57 bits per heavy atom. The molecule has 1 aromatic rings. The molecule has 6 heteroatoms. The number of hydrogen-bond acceptors (Lipinski definition) is 3. The summed E-state index contributed by atoms with van der Waals surface area (Å²) >= 11 is 5.15. The van der Waals surface area contributed by atoms with E-state index in [0.29, 0.717) is 18.1 Å². The molecule has 1 saturated carbocycles. The lowest BCUT2D eigenvalue weighted by Crippen LogP contribution is -2.46. The van der Waals surface area contributed by atoms with Crippen molar-refractivity contribution in [2.45, 2.75) is 45.1 Å². The molecule has 3 N–H and O–H groups in total. The van der Waals surface area contributed by atoms with E-state index in [-0.39, 0.29) is 5.91 Å². The van der Waals surface area contributed by atoms with Gasteiger partial charge in [-0.2, -0.15) is 0 Å². The molecule has 1 fully saturated rings. The van der Waals surface area contributed by atoms with Crippen LogP contribution in [0.3, 0.4) is 0 Å². The topological polar surface area (TPSA) is 62.4 Å². The Kier molecular flexibility index (Phi) is 7.13. The van der Waals surface area contributed by atoms with E-state index in [1.54, 1.807) is 7.11 Å². The van der Waals surface area contributed by atoms with Gasteiger partial charge in [-0.25, -0.2) is 0 Å². The molecule has 126 valence electrons. The largest absolute Gasteiger partial charge is 0.497 e. The van der Waals surface area contributed by atoms with Gasteiger partial charge in [0.25, 0.3) is 0 Å². The van der Waals surface area contributed by atoms with Crippen molar-refractivity contribution in [3.63, 3.8) is 0 Å². The van der Waals surface area contributed by atoms with Crippen LogP contribution in [0.15, 0.2) is 24.3 Å². The average molecular weight is 335 g/mol. The van der Waals surface area contributed by atoms with Gasteiger partial charge in [0.2, 0.25) is 5.91 Å². The first-order valence-corrected chi connectivity index (χ1v) is 8.54. The van der Waals surface area contributed by atoms with E-state index in [1.807, 2.05) is 24.3 Å². The number of rotatable bonds is 6. The molecule has 0 unspecified atom stereocenters. The predicted octanol–water partition coefficient (Wildman–Crippen LogP) is 2.66. The van der Waals surface area contributed by atoms with Gasteiger partial charge >= 0.3 is 0 Å². The fraction of sp³-hybridized carbons (Fsp3) is 0.529. The number of carbonyl (C=O) groups excluding carboxylic acids is 1. The van der Waals surface area contributed by atoms with E-state index in [2.05, 4.69) is 16.2 Å². The van der Waals surface area contributed by atoms with Crippen molar-refractivity contribution in [2.75, 3.05) is 7.11 Å². The molecule has 0 heterocycles. The quantitative estimate of drug-likeness (QED) is 0.551. The third-order valence-corrected chi connectivity index (χ3v) is 4.43. The third kappa shape index (κ3) is 6.44. The molecule has 0 atom stereocenters. The van der Waals surface area contributed by atoms with Crippen molar-refractivity contribution >= 4 is 23.2 Å². The standard InChI is InChI=1S/C17H25N3O2S/c1-22-15-9-6-14(7-10-15)12-18-17(23)20-19-16(21)11-8-13-4-2-3-5-13/h6-7,9-10,13H,2-5,8,11-12H2,1H3,(H,19,21)(H2,18,20,23). The van der Waals surface area contributed by atoms with Crippen LogP contribution < -0.4 is 20.9 Å². The molecule has 1 amide bonds. The van der Waals surface area contributed by atoms with Gasteiger partial charge in [0.15, 0.2) is 5.11 Å². The van der Waals surface area contributed by atoms with E-state index in [0.717, 1.165) is 23.7 Å². The van der Waals surface area contributed by atoms with Crippen LogP contribution in [0.2, 0.25) is 0 Å². The summed E-state index contributed by atoms with van der Waals surface area (Å²) in [5.41, 5.74) is 6.48. The summed E-state index contributed by atoms with van der Waals surface area (Å²) in [7, 11) is 1.64. The lowest BCUT2D eigenvalue weighted by Gasteiger charge is -2.13. The van der Waals surface area contributed by atoms with Crippen LogP contribution in [0.4, 0.5) is 0 Å². The monoisotopic (exact) mass is 335 g/mol. The molecule has 1 aliphatic rings. The van der Waals surface area contributed by atoms with Gasteiger partial charge in [0, 0.05) is 13.0 Å². The van der Waals surface area contributed by atoms with E-state index >= 15 is 0 Å². The number of methoxy groups -OCH3 is 1. The van der Waals surface area contributed by atoms with Crippen LogP contribution in [0, 0.1) is 5.92 Å². The molecule has 0 radical (unpaired) electrons. The summed E-state index contributed by atoms with van der Waals surface area (Å²) in [6.07, 6.45) is 6.68. The smallest absolute Gasteiger partial charge is 0.238 e. The molecule has 1 aliphatic carbocycles. The first-order valence-electron chi connectivity index (χ1n) is 8.13. The summed E-state index contributed by atoms with van der Waals surface area (Å²) < 4.78 is 5.11. The molecule has 0 aliphatic heterocycles. The van der Waals surface area contributed by atoms with Gasteiger partial charge in [0.1, 0.15) is 5.75 Å². The zero-order valence-corrected chi connectivity index (χ0v) is 14.4. The summed E-state index contributed by atoms with van der Waals surface area (Å²) in [5.74, 6) is 1.54. The first-order chi connectivity index (χ1) is 11.2. The van der Waals surface area contributed by atoms with Gasteiger partial charge in [-0.1, -0.05) is 37.8 Å². The van der Waals surface area contributed by atoms with Crippen LogP contribution in [0.25, 0.3) is 0 Å². The first kappa shape index (κ1) is 17.5. The number of hydrazine groups is 1. The van der Waals surface area contributed by atoms with Crippen LogP contribution in [0.5, 0.6) is 5.75 Å². The van der Waals surface area contributed by atoms with Crippen molar-refractivity contribution in [3.8, 4) is 5.75 Å². The van der Waals surface area contributed by atoms with Crippen molar-refractivity contribution in [1.29, 1.82) is 0 Å². The molecular weight excluding hydrogens is 310 g/mol. The highest BCUT2D eigenvalue weighted by molar-refractivity contribution is 7.80. The second-order valence-corrected chi connectivity index (χ2v) is 6.30. The van der Waals surface area contributed by atoms with Crippen LogP contribution in [0.1, 0.15) is 44.1 Å². The maximum Gasteiger partial charge on any atom is 0.238 e. The van der Waals surface area contributed by atoms with Gasteiger partial charge in [0.05, 0.1) is 7.11 Å². The Morgan fingerprint density at radius 2 is 1.91 bits per heavy atom. The molecule has 0 saturated heterocycles. The van der Waals surface area contributed by atoms with E-state index in [9.17, 15) is 4.79 Å². The number of ether oxygens (including phenoxy) is 1. The number of hydrogen-bond donors (Lipinski definition) is 3. The number of amides is 1. The zero-order chi connectivity index (χ0) is 16.5. The maximum atomic E-state index is 11.8. The molecule has 0 spiro atoms. The van der Waals surface area contributed by atoms with E-state index in [4.69, 9.17) is 17.0 Å². The minimum absolute atomic E-state index is 0.00880. The Hall–Kier alpha value is -1.82. The highest BCUT2D eigenvalue weighted by Crippen LogP contribution is 2.28. The lowest BCUT2D eigenvalue weighted by molar-refractivity contribution is -0.121. The predicted molar refractivity (Wildman–Crippen MR) is 94.9 cm³/mol. The normalized spacial score (nSPS) is 14.3. The van der Waals surface area contributed by atoms with Gasteiger partial charge < -0.3 is 10.1 Å². The molecular formula is C17H25N3O2S. The number of nitrogens with one attached hydrogen (secondary N) is 3. The van der Waals surface area contributed by atoms with Crippen molar-refractivity contribution in [3.05, 3.63) is 29.8 Å². The van der Waals surface area contributed by atoms with Crippen LogP contribution >= 0.6 is 12.2 Å². The van der Waals surface area contributed by atoms with Crippen molar-refractivity contribution in [2.24, 2.45) is 5.92 Å². The zero-order valence-electron chi connectivity index (χ0n) is 13.6. The fourth-order valence-corrected chi connectivity index (χ4v) is 2.92. The Morgan fingerprint density at radius 1 is 1.22 bits per heavy atom. The maximum absolute atomic E-state index is 11.8.